The molecule has 1 N–H and O–H groups in total. The Labute approximate surface area is 170 Å². The minimum absolute atomic E-state index is 0. The molecule has 1 aliphatic carbocycles. The molecule has 1 atom stereocenters. The largest absolute Gasteiger partial charge is 0.375 e. The van der Waals surface area contributed by atoms with E-state index < -0.39 is 0 Å². The summed E-state index contributed by atoms with van der Waals surface area (Å²) in [7, 11) is 1.71. The average Bonchev–Trinajstić information content (AvgIpc) is 2.63. The van der Waals surface area contributed by atoms with Gasteiger partial charge >= 0.3 is 0 Å². The molecule has 1 aromatic carbocycles. The Morgan fingerprint density at radius 1 is 1.23 bits per heavy atom. The summed E-state index contributed by atoms with van der Waals surface area (Å²) in [6, 6.07) is 7.81. The zero-order chi connectivity index (χ0) is 17.6. The number of halogens is 2. The summed E-state index contributed by atoms with van der Waals surface area (Å²) in [6.07, 6.45) is 4.37. The van der Waals surface area contributed by atoms with Gasteiger partial charge in [-0.15, -0.1) is 12.4 Å². The minimum Gasteiger partial charge on any atom is -0.375 e. The molecule has 0 radical (unpaired) electrons. The first-order valence-electron chi connectivity index (χ1n) is 8.76. The molecule has 1 aromatic heterocycles. The van der Waals surface area contributed by atoms with Crippen LogP contribution >= 0.6 is 35.8 Å². The highest BCUT2D eigenvalue weighted by Crippen LogP contribution is 2.30. The van der Waals surface area contributed by atoms with Gasteiger partial charge in [0.25, 0.3) is 0 Å². The van der Waals surface area contributed by atoms with Crippen molar-refractivity contribution >= 4 is 41.6 Å². The number of anilines is 1. The first kappa shape index (κ1) is 21.3. The van der Waals surface area contributed by atoms with Crippen LogP contribution in [0, 0.1) is 0 Å². The van der Waals surface area contributed by atoms with Gasteiger partial charge in [-0.1, -0.05) is 48.5 Å². The highest BCUT2D eigenvalue weighted by atomic mass is 35.5. The molecular weight excluding hydrogens is 389 g/mol. The van der Waals surface area contributed by atoms with E-state index in [9.17, 15) is 0 Å². The molecule has 4 nitrogen and oxygen atoms in total. The number of methoxy groups -OCH3 is 1. The monoisotopic (exact) mass is 413 g/mol. The topological polar surface area (TPSA) is 47.0 Å². The third-order valence-corrected chi connectivity index (χ3v) is 5.50. The van der Waals surface area contributed by atoms with Crippen LogP contribution in [0.4, 0.5) is 5.82 Å². The summed E-state index contributed by atoms with van der Waals surface area (Å²) in [5.41, 5.74) is 3.46. The second-order valence-electron chi connectivity index (χ2n) is 6.05. The van der Waals surface area contributed by atoms with Crippen LogP contribution in [0.1, 0.15) is 42.7 Å². The number of benzene rings is 1. The second kappa shape index (κ2) is 10.4. The highest BCUT2D eigenvalue weighted by Gasteiger charge is 2.20. The van der Waals surface area contributed by atoms with Gasteiger partial charge in [0.2, 0.25) is 0 Å². The van der Waals surface area contributed by atoms with Gasteiger partial charge in [0, 0.05) is 29.8 Å². The van der Waals surface area contributed by atoms with Crippen molar-refractivity contribution in [2.24, 2.45) is 0 Å². The number of ether oxygens (including phenoxy) is 1. The molecule has 0 saturated carbocycles. The van der Waals surface area contributed by atoms with E-state index in [2.05, 4.69) is 12.2 Å². The van der Waals surface area contributed by atoms with Gasteiger partial charge in [0.1, 0.15) is 11.9 Å². The lowest BCUT2D eigenvalue weighted by Gasteiger charge is -2.22. The molecule has 0 saturated heterocycles. The van der Waals surface area contributed by atoms with E-state index in [0.29, 0.717) is 6.54 Å². The van der Waals surface area contributed by atoms with Gasteiger partial charge in [0.05, 0.1) is 5.69 Å². The predicted molar refractivity (Wildman–Crippen MR) is 112 cm³/mol. The van der Waals surface area contributed by atoms with Crippen LogP contribution in [-0.4, -0.2) is 29.4 Å². The summed E-state index contributed by atoms with van der Waals surface area (Å²) in [6.45, 7) is 2.75. The molecule has 1 aliphatic rings. The normalized spacial score (nSPS) is 14.3. The van der Waals surface area contributed by atoms with E-state index >= 15 is 0 Å². The average molecular weight is 414 g/mol. The van der Waals surface area contributed by atoms with Crippen LogP contribution in [0.3, 0.4) is 0 Å². The first-order chi connectivity index (χ1) is 12.2. The number of aryl methyl sites for hydroxylation is 1. The van der Waals surface area contributed by atoms with Gasteiger partial charge in [-0.25, -0.2) is 9.97 Å². The van der Waals surface area contributed by atoms with Crippen molar-refractivity contribution in [2.45, 2.75) is 43.9 Å². The molecule has 142 valence electrons. The molecule has 0 amide bonds. The fourth-order valence-corrected chi connectivity index (χ4v) is 4.00. The van der Waals surface area contributed by atoms with E-state index in [1.807, 2.05) is 24.3 Å². The van der Waals surface area contributed by atoms with Gasteiger partial charge in [-0.3, -0.25) is 0 Å². The fraction of sp³-hybridized carbons (Fsp3) is 0.474. The van der Waals surface area contributed by atoms with E-state index in [0.717, 1.165) is 40.2 Å². The molecule has 0 bridgehead atoms. The number of aromatic nitrogens is 2. The minimum atomic E-state index is -0.120. The standard InChI is InChI=1S/C19H24ClN3OS.ClH/c1-3-25-19-22-16-11-7-5-9-14(16)18(23-19)21-12-17(24-2)13-8-4-6-10-15(13)20;/h4,6,8,10,17H,3,5,7,9,11-12H2,1-2H3,(H,21,22,23);1H. The molecule has 0 spiro atoms. The molecule has 26 heavy (non-hydrogen) atoms. The van der Waals surface area contributed by atoms with Crippen molar-refractivity contribution in [1.29, 1.82) is 0 Å². The fourth-order valence-electron chi connectivity index (χ4n) is 3.16. The summed E-state index contributed by atoms with van der Waals surface area (Å²) >= 11 is 8.01. The summed E-state index contributed by atoms with van der Waals surface area (Å²) in [4.78, 5) is 9.49. The number of nitrogens with one attached hydrogen (secondary N) is 1. The third kappa shape index (κ3) is 5.03. The molecule has 1 unspecified atom stereocenters. The van der Waals surface area contributed by atoms with Gasteiger partial charge in [0.15, 0.2) is 5.16 Å². The smallest absolute Gasteiger partial charge is 0.189 e. The number of fused-ring (bicyclic) bond motifs is 1. The molecule has 0 aliphatic heterocycles. The molecule has 7 heteroatoms. The van der Waals surface area contributed by atoms with Crippen LogP contribution in [0.5, 0.6) is 0 Å². The van der Waals surface area contributed by atoms with Crippen LogP contribution in [0.25, 0.3) is 0 Å². The zero-order valence-corrected chi connectivity index (χ0v) is 17.5. The van der Waals surface area contributed by atoms with Gasteiger partial charge in [-0.2, -0.15) is 0 Å². The predicted octanol–water partition coefficient (Wildman–Crippen LogP) is 5.34. The maximum Gasteiger partial charge on any atom is 0.189 e. The number of hydrogen-bond acceptors (Lipinski definition) is 5. The molecule has 2 aromatic rings. The van der Waals surface area contributed by atoms with Crippen molar-refractivity contribution in [3.63, 3.8) is 0 Å². The molecule has 0 fully saturated rings. The van der Waals surface area contributed by atoms with Crippen molar-refractivity contribution in [2.75, 3.05) is 24.7 Å². The van der Waals surface area contributed by atoms with E-state index in [1.165, 1.54) is 24.1 Å². The first-order valence-corrected chi connectivity index (χ1v) is 10.1. The Balaban J connectivity index is 0.00000243. The summed E-state index contributed by atoms with van der Waals surface area (Å²) in [5, 5.41) is 5.08. The van der Waals surface area contributed by atoms with Crippen LogP contribution in [0.2, 0.25) is 5.02 Å². The van der Waals surface area contributed by atoms with Crippen molar-refractivity contribution < 1.29 is 4.74 Å². The summed E-state index contributed by atoms with van der Waals surface area (Å²) in [5.74, 6) is 1.92. The number of hydrogen-bond donors (Lipinski definition) is 1. The lowest BCUT2D eigenvalue weighted by atomic mass is 9.96. The molecule has 3 rings (SSSR count). The van der Waals surface area contributed by atoms with Crippen LogP contribution < -0.4 is 5.32 Å². The molecule has 1 heterocycles. The maximum atomic E-state index is 6.32. The Bertz CT molecular complexity index is 730. The van der Waals surface area contributed by atoms with Gasteiger partial charge in [-0.05, 0) is 37.5 Å². The van der Waals surface area contributed by atoms with Crippen molar-refractivity contribution in [3.8, 4) is 0 Å². The Morgan fingerprint density at radius 2 is 2.00 bits per heavy atom. The van der Waals surface area contributed by atoms with Gasteiger partial charge < -0.3 is 10.1 Å². The Hall–Kier alpha value is -1.01. The summed E-state index contributed by atoms with van der Waals surface area (Å²) < 4.78 is 5.67. The lowest BCUT2D eigenvalue weighted by molar-refractivity contribution is 0.114. The highest BCUT2D eigenvalue weighted by molar-refractivity contribution is 7.99. The molecular formula is C19H25Cl2N3OS. The Kier molecular flexibility index (Phi) is 8.48. The number of rotatable bonds is 7. The lowest BCUT2D eigenvalue weighted by Crippen LogP contribution is -2.19. The maximum absolute atomic E-state index is 6.32. The van der Waals surface area contributed by atoms with Crippen molar-refractivity contribution in [1.82, 2.24) is 9.97 Å². The quantitative estimate of drug-likeness (QED) is 0.489. The number of nitrogens with zero attached hydrogens (tertiary/aromatic N) is 2. The van der Waals surface area contributed by atoms with E-state index in [1.54, 1.807) is 18.9 Å². The van der Waals surface area contributed by atoms with E-state index in [-0.39, 0.29) is 18.5 Å². The third-order valence-electron chi connectivity index (χ3n) is 4.43. The zero-order valence-electron chi connectivity index (χ0n) is 15.1. The van der Waals surface area contributed by atoms with Crippen LogP contribution in [-0.2, 0) is 17.6 Å². The van der Waals surface area contributed by atoms with Crippen LogP contribution in [0.15, 0.2) is 29.4 Å². The van der Waals surface area contributed by atoms with E-state index in [4.69, 9.17) is 26.3 Å². The second-order valence-corrected chi connectivity index (χ2v) is 7.69. The van der Waals surface area contributed by atoms with Crippen molar-refractivity contribution in [3.05, 3.63) is 46.1 Å². The number of thioether (sulfide) groups is 1. The Morgan fingerprint density at radius 3 is 2.73 bits per heavy atom. The SMILES string of the molecule is CCSc1nc2c(c(NCC(OC)c3ccccc3Cl)n1)CCCC2.Cl.